The molecule has 3 aromatic heterocycles. The van der Waals surface area contributed by atoms with Gasteiger partial charge in [0, 0.05) is 69.5 Å². The molecule has 0 radical (unpaired) electrons. The van der Waals surface area contributed by atoms with Gasteiger partial charge in [-0.25, -0.2) is 32.3 Å². The van der Waals surface area contributed by atoms with Crippen LogP contribution in [-0.2, 0) is 4.74 Å². The largest absolute Gasteiger partial charge is 0.508 e. The van der Waals surface area contributed by atoms with Crippen molar-refractivity contribution < 1.29 is 42.4 Å². The van der Waals surface area contributed by atoms with E-state index in [0.29, 0.717) is 91.4 Å². The van der Waals surface area contributed by atoms with Crippen LogP contribution < -0.4 is 10.6 Å². The molecule has 11 rings (SSSR count). The number of halogens is 4. The summed E-state index contributed by atoms with van der Waals surface area (Å²) in [4.78, 5) is 29.2. The highest BCUT2D eigenvalue weighted by molar-refractivity contribution is 8.77. The molecule has 4 atom stereocenters. The van der Waals surface area contributed by atoms with E-state index in [9.17, 15) is 20.1 Å². The van der Waals surface area contributed by atoms with Gasteiger partial charge in [-0.1, -0.05) is 58.0 Å². The molecule has 5 heterocycles. The second-order valence-electron chi connectivity index (χ2n) is 18.8. The fourth-order valence-electron chi connectivity index (χ4n) is 10.4. The number of phenolic OH excluding ortho intramolecular Hbond substituents is 3. The molecule has 7 aromatic rings. The first-order chi connectivity index (χ1) is 36.9. The molecule has 1 fully saturated rings. The minimum atomic E-state index is -1.68. The van der Waals surface area contributed by atoms with Crippen LogP contribution in [0.25, 0.3) is 90.9 Å². The number of rotatable bonds is 13. The summed E-state index contributed by atoms with van der Waals surface area (Å²) in [5.74, 6) is 1.46. The summed E-state index contributed by atoms with van der Waals surface area (Å²) in [5.41, 5.74) is 3.51. The molecule has 2 aliphatic heterocycles. The number of amides is 1. The number of ether oxygens (including phenoxy) is 1. The Morgan fingerprint density at radius 3 is 1.53 bits per heavy atom. The molecule has 0 saturated heterocycles. The van der Waals surface area contributed by atoms with Crippen molar-refractivity contribution in [1.29, 1.82) is 0 Å². The Kier molecular flexibility index (Phi) is 14.0. The molecule has 17 heteroatoms. The molecule has 2 aliphatic carbocycles. The van der Waals surface area contributed by atoms with Crippen molar-refractivity contribution in [2.45, 2.75) is 38.0 Å². The number of aromatic nitrogens is 4. The predicted molar refractivity (Wildman–Crippen MR) is 295 cm³/mol. The maximum atomic E-state index is 17.0. The number of phenols is 3. The lowest BCUT2D eigenvalue weighted by Crippen LogP contribution is -2.27. The zero-order valence-corrected chi connectivity index (χ0v) is 42.3. The summed E-state index contributed by atoms with van der Waals surface area (Å²) in [6, 6.07) is 26.4. The SMILES string of the molecule is CC(Nc1c(F)c(F)c(-c2c3nc(c(-c4cccc(O)c4)c4ccc([nH]4)c(-c4cccc(O)c4)c4nc(c(-c5cccc(O)c5)c5ccc2[nH]5)C=C4)C=C3)c(F)c1F)SSCCNC(=O)OC[C@@H]1[C@@H]2CCC#CCC[C@@H]21. The molecule has 0 spiro atoms. The number of anilines is 1. The molecule has 11 nitrogen and oxygen atoms in total. The summed E-state index contributed by atoms with van der Waals surface area (Å²) < 4.78 is 72.7. The smallest absolute Gasteiger partial charge is 0.407 e. The van der Waals surface area contributed by atoms with E-state index < -0.39 is 46.0 Å². The first kappa shape index (κ1) is 50.1. The number of aromatic amines is 2. The standard InChI is InChI=1S/C59H48F4N6O5S2/c1-31(76-75-26-25-64-59(73)74-30-40-38-15-4-2-3-5-16-39(38)40)65-58-56(62)54(60)53(55(61)57(58)63)52-47-23-21-45(68-47)50(33-10-7-13-36(71)28-33)43-19-17-41(66-43)49(32-9-6-12-35(70)27-32)42-18-20-44(67-42)51(46-22-24-48(52)69-46)34-11-8-14-37(72)29-34/h6-14,17-24,27-29,31,38-40,65-66,69-72H,4-5,15-16,25-26,30H2,1H3,(H,64,73)/t31?,38-,39+,40-. The number of fused-ring (bicyclic) bond motifs is 9. The second-order valence-corrected chi connectivity index (χ2v) is 21.6. The zero-order chi connectivity index (χ0) is 52.6. The van der Waals surface area contributed by atoms with Gasteiger partial charge in [-0.2, -0.15) is 0 Å². The van der Waals surface area contributed by atoms with Gasteiger partial charge in [-0.05, 0) is 139 Å². The fraction of sp³-hybridized carbons (Fsp3) is 0.203. The number of benzene rings is 4. The van der Waals surface area contributed by atoms with Crippen molar-refractivity contribution in [3.63, 3.8) is 0 Å². The highest BCUT2D eigenvalue weighted by Gasteiger charge is 2.49. The van der Waals surface area contributed by atoms with Crippen molar-refractivity contribution in [2.24, 2.45) is 17.8 Å². The Hall–Kier alpha value is -8.07. The van der Waals surface area contributed by atoms with E-state index in [2.05, 4.69) is 32.4 Å². The lowest BCUT2D eigenvalue weighted by Gasteiger charge is -2.18. The van der Waals surface area contributed by atoms with Gasteiger partial charge in [0.1, 0.15) is 22.9 Å². The van der Waals surface area contributed by atoms with Gasteiger partial charge >= 0.3 is 6.09 Å². The van der Waals surface area contributed by atoms with E-state index in [0.717, 1.165) is 36.5 Å². The van der Waals surface area contributed by atoms with Crippen LogP contribution in [0.5, 0.6) is 17.2 Å². The minimum absolute atomic E-state index is 0.0278. The van der Waals surface area contributed by atoms with Gasteiger partial charge < -0.3 is 40.7 Å². The molecule has 4 aromatic carbocycles. The highest BCUT2D eigenvalue weighted by Crippen LogP contribution is 2.52. The van der Waals surface area contributed by atoms with Crippen molar-refractivity contribution in [3.8, 4) is 73.6 Å². The average Bonchev–Trinajstić information content (AvgIpc) is 4.09. The predicted octanol–water partition coefficient (Wildman–Crippen LogP) is 14.3. The van der Waals surface area contributed by atoms with Crippen molar-refractivity contribution in [3.05, 3.63) is 143 Å². The first-order valence-corrected chi connectivity index (χ1v) is 27.1. The quantitative estimate of drug-likeness (QED) is 0.0147. The van der Waals surface area contributed by atoms with E-state index in [1.165, 1.54) is 47.2 Å². The zero-order valence-electron chi connectivity index (χ0n) is 40.7. The van der Waals surface area contributed by atoms with Gasteiger partial charge in [-0.15, -0.1) is 11.8 Å². The van der Waals surface area contributed by atoms with E-state index in [-0.39, 0.29) is 46.3 Å². The summed E-state index contributed by atoms with van der Waals surface area (Å²) in [6.45, 7) is 2.19. The number of aromatic hydroxyl groups is 3. The van der Waals surface area contributed by atoms with Gasteiger partial charge in [0.05, 0.1) is 40.3 Å². The molecule has 8 bridgehead atoms. The van der Waals surface area contributed by atoms with Crippen LogP contribution in [0.3, 0.4) is 0 Å². The third-order valence-corrected chi connectivity index (χ3v) is 16.6. The highest BCUT2D eigenvalue weighted by atomic mass is 33.1. The van der Waals surface area contributed by atoms with Crippen molar-refractivity contribution in [2.75, 3.05) is 24.2 Å². The Bertz CT molecular complexity index is 3680. The van der Waals surface area contributed by atoms with E-state index >= 15 is 17.6 Å². The van der Waals surface area contributed by atoms with Crippen molar-refractivity contribution in [1.82, 2.24) is 25.3 Å². The fourth-order valence-corrected chi connectivity index (χ4v) is 12.4. The van der Waals surface area contributed by atoms with Crippen LogP contribution in [0.15, 0.2) is 97.1 Å². The van der Waals surface area contributed by atoms with Crippen LogP contribution in [0.1, 0.15) is 55.4 Å². The summed E-state index contributed by atoms with van der Waals surface area (Å²) in [6.07, 6.45) is 9.94. The van der Waals surface area contributed by atoms with Crippen LogP contribution in [0.4, 0.5) is 28.0 Å². The Labute approximate surface area is 442 Å². The number of nitrogens with one attached hydrogen (secondary N) is 4. The van der Waals surface area contributed by atoms with E-state index in [4.69, 9.17) is 14.7 Å². The summed E-state index contributed by atoms with van der Waals surface area (Å²) in [5, 5.41) is 36.7. The Balaban J connectivity index is 0.981. The molecule has 1 saturated carbocycles. The molecular weight excluding hydrogens is 1010 g/mol. The van der Waals surface area contributed by atoms with Crippen LogP contribution >= 0.6 is 21.6 Å². The Morgan fingerprint density at radius 2 is 1.08 bits per heavy atom. The number of nitrogens with zero attached hydrogens (tertiary/aromatic N) is 2. The van der Waals surface area contributed by atoms with E-state index in [1.54, 1.807) is 79.7 Å². The summed E-state index contributed by atoms with van der Waals surface area (Å²) in [7, 11) is 2.44. The normalized spacial score (nSPS) is 16.7. The van der Waals surface area contributed by atoms with Gasteiger partial charge in [-0.3, -0.25) is 0 Å². The molecular formula is C59H48F4N6O5S2. The van der Waals surface area contributed by atoms with Gasteiger partial charge in [0.25, 0.3) is 0 Å². The van der Waals surface area contributed by atoms with Crippen LogP contribution in [0.2, 0.25) is 0 Å². The number of hydrogen-bond donors (Lipinski definition) is 7. The molecule has 76 heavy (non-hydrogen) atoms. The molecule has 1 amide bonds. The summed E-state index contributed by atoms with van der Waals surface area (Å²) >= 11 is 0. The third-order valence-electron chi connectivity index (χ3n) is 13.9. The molecule has 384 valence electrons. The number of alkyl carbamates (subject to hydrolysis) is 1. The second kappa shape index (κ2) is 21.3. The third kappa shape index (κ3) is 10.1. The van der Waals surface area contributed by atoms with E-state index in [1.807, 2.05) is 12.1 Å². The average molecular weight is 1060 g/mol. The first-order valence-electron chi connectivity index (χ1n) is 24.7. The Morgan fingerprint density at radius 1 is 0.645 bits per heavy atom. The van der Waals surface area contributed by atoms with Gasteiger partial charge in [0.2, 0.25) is 0 Å². The lowest BCUT2D eigenvalue weighted by molar-refractivity contribution is 0.138. The van der Waals surface area contributed by atoms with Crippen LogP contribution in [0, 0.1) is 52.9 Å². The number of carbonyl (C=O) groups is 1. The molecule has 4 aliphatic rings. The topological polar surface area (TPSA) is 168 Å². The number of hydrogen-bond acceptors (Lipinski definition) is 10. The van der Waals surface area contributed by atoms with Gasteiger partial charge in [0.15, 0.2) is 23.3 Å². The monoisotopic (exact) mass is 1060 g/mol. The van der Waals surface area contributed by atoms with Crippen molar-refractivity contribution >= 4 is 79.7 Å². The van der Waals surface area contributed by atoms with Crippen LogP contribution in [-0.4, -0.2) is 65.6 Å². The maximum absolute atomic E-state index is 17.0. The minimum Gasteiger partial charge on any atom is -0.508 e. The molecule has 1 unspecified atom stereocenters. The number of H-pyrrole nitrogens is 2. The number of carbonyl (C=O) groups excluding carboxylic acids is 1. The lowest BCUT2D eigenvalue weighted by atomic mass is 10.0. The molecule has 7 N–H and O–H groups in total. The maximum Gasteiger partial charge on any atom is 0.407 e.